The van der Waals surface area contributed by atoms with E-state index in [-0.39, 0.29) is 11.8 Å². The zero-order valence-corrected chi connectivity index (χ0v) is 11.5. The van der Waals surface area contributed by atoms with Gasteiger partial charge in [0.1, 0.15) is 5.01 Å². The van der Waals surface area contributed by atoms with Gasteiger partial charge in [-0.3, -0.25) is 4.79 Å². The van der Waals surface area contributed by atoms with Gasteiger partial charge >= 0.3 is 0 Å². The molecule has 1 aromatic heterocycles. The molecular formula is C12H21N3OS. The van der Waals surface area contributed by atoms with Crippen molar-refractivity contribution in [3.8, 4) is 0 Å². The molecule has 0 aliphatic carbocycles. The van der Waals surface area contributed by atoms with Crippen molar-refractivity contribution in [1.82, 2.24) is 10.3 Å². The molecule has 0 radical (unpaired) electrons. The topological polar surface area (TPSA) is 68.0 Å². The van der Waals surface area contributed by atoms with Crippen LogP contribution in [0.5, 0.6) is 0 Å². The van der Waals surface area contributed by atoms with Gasteiger partial charge in [-0.25, -0.2) is 4.98 Å². The maximum absolute atomic E-state index is 11.9. The van der Waals surface area contributed by atoms with Crippen LogP contribution in [0.1, 0.15) is 31.0 Å². The second-order valence-corrected chi connectivity index (χ2v) is 5.61. The highest BCUT2D eigenvalue weighted by molar-refractivity contribution is 7.09. The van der Waals surface area contributed by atoms with Crippen LogP contribution in [-0.2, 0) is 11.3 Å². The van der Waals surface area contributed by atoms with Gasteiger partial charge in [0.05, 0.1) is 12.5 Å². The third-order valence-corrected chi connectivity index (χ3v) is 3.46. The Hall–Kier alpha value is -0.940. The van der Waals surface area contributed by atoms with Gasteiger partial charge in [0.15, 0.2) is 0 Å². The molecule has 96 valence electrons. The van der Waals surface area contributed by atoms with Crippen LogP contribution < -0.4 is 11.1 Å². The van der Waals surface area contributed by atoms with Crippen molar-refractivity contribution in [2.75, 3.05) is 6.54 Å². The number of rotatable bonds is 6. The van der Waals surface area contributed by atoms with E-state index in [1.165, 1.54) is 0 Å². The molecule has 5 heteroatoms. The van der Waals surface area contributed by atoms with E-state index in [0.29, 0.717) is 19.0 Å². The summed E-state index contributed by atoms with van der Waals surface area (Å²) < 4.78 is 0. The summed E-state index contributed by atoms with van der Waals surface area (Å²) in [6.07, 6.45) is 0.833. The Morgan fingerprint density at radius 1 is 1.59 bits per heavy atom. The molecule has 0 saturated carbocycles. The number of hydrogen-bond donors (Lipinski definition) is 2. The van der Waals surface area contributed by atoms with Gasteiger partial charge in [-0.15, -0.1) is 11.3 Å². The summed E-state index contributed by atoms with van der Waals surface area (Å²) >= 11 is 1.57. The molecule has 0 fully saturated rings. The summed E-state index contributed by atoms with van der Waals surface area (Å²) in [5.74, 6) is 0.432. The Balaban J connectivity index is 2.42. The van der Waals surface area contributed by atoms with E-state index in [4.69, 9.17) is 5.73 Å². The highest BCUT2D eigenvalue weighted by Gasteiger charge is 2.17. The number of aryl methyl sites for hydroxylation is 1. The summed E-state index contributed by atoms with van der Waals surface area (Å²) in [5.41, 5.74) is 6.62. The highest BCUT2D eigenvalue weighted by Crippen LogP contribution is 2.12. The lowest BCUT2D eigenvalue weighted by molar-refractivity contribution is -0.125. The van der Waals surface area contributed by atoms with E-state index in [1.807, 2.05) is 12.3 Å². The summed E-state index contributed by atoms with van der Waals surface area (Å²) in [6, 6.07) is 0. The third-order valence-electron chi connectivity index (χ3n) is 2.49. The van der Waals surface area contributed by atoms with Gasteiger partial charge in [-0.05, 0) is 19.3 Å². The number of amides is 1. The minimum absolute atomic E-state index is 0.0362. The molecule has 0 saturated heterocycles. The van der Waals surface area contributed by atoms with E-state index in [1.54, 1.807) is 11.3 Å². The SMILES string of the molecule is Cc1csc(CNC(=O)C(CN)CC(C)C)n1. The first kappa shape index (κ1) is 14.1. The van der Waals surface area contributed by atoms with E-state index in [0.717, 1.165) is 17.1 Å². The van der Waals surface area contributed by atoms with Crippen molar-refractivity contribution >= 4 is 17.2 Å². The fourth-order valence-corrected chi connectivity index (χ4v) is 2.38. The van der Waals surface area contributed by atoms with Crippen LogP contribution in [-0.4, -0.2) is 17.4 Å². The molecule has 1 rings (SSSR count). The average Bonchev–Trinajstić information content (AvgIpc) is 2.68. The molecule has 1 amide bonds. The molecular weight excluding hydrogens is 234 g/mol. The van der Waals surface area contributed by atoms with Crippen molar-refractivity contribution in [3.05, 3.63) is 16.1 Å². The molecule has 1 aromatic rings. The summed E-state index contributed by atoms with van der Waals surface area (Å²) in [4.78, 5) is 16.2. The number of nitrogens with zero attached hydrogens (tertiary/aromatic N) is 1. The maximum atomic E-state index is 11.9. The quantitative estimate of drug-likeness (QED) is 0.813. The Kier molecular flexibility index (Phi) is 5.58. The first-order chi connectivity index (χ1) is 8.02. The Morgan fingerprint density at radius 2 is 2.29 bits per heavy atom. The van der Waals surface area contributed by atoms with Gasteiger partial charge in [0.25, 0.3) is 0 Å². The lowest BCUT2D eigenvalue weighted by Crippen LogP contribution is -2.35. The molecule has 0 aliphatic heterocycles. The molecule has 1 atom stereocenters. The van der Waals surface area contributed by atoms with Crippen LogP contribution in [0.15, 0.2) is 5.38 Å². The van der Waals surface area contributed by atoms with Crippen molar-refractivity contribution in [1.29, 1.82) is 0 Å². The Bertz CT molecular complexity index is 362. The Morgan fingerprint density at radius 3 is 2.76 bits per heavy atom. The molecule has 4 nitrogen and oxygen atoms in total. The molecule has 3 N–H and O–H groups in total. The van der Waals surface area contributed by atoms with E-state index < -0.39 is 0 Å². The minimum Gasteiger partial charge on any atom is -0.349 e. The van der Waals surface area contributed by atoms with Gasteiger partial charge in [0, 0.05) is 17.6 Å². The first-order valence-corrected chi connectivity index (χ1v) is 6.79. The largest absolute Gasteiger partial charge is 0.349 e. The molecule has 0 aliphatic rings. The van der Waals surface area contributed by atoms with Crippen LogP contribution in [0.25, 0.3) is 0 Å². The van der Waals surface area contributed by atoms with Crippen LogP contribution in [0, 0.1) is 18.8 Å². The van der Waals surface area contributed by atoms with E-state index in [2.05, 4.69) is 24.1 Å². The number of aromatic nitrogens is 1. The van der Waals surface area contributed by atoms with Crippen molar-refractivity contribution in [2.24, 2.45) is 17.6 Å². The van der Waals surface area contributed by atoms with Crippen LogP contribution in [0.4, 0.5) is 0 Å². The summed E-state index contributed by atoms with van der Waals surface area (Å²) in [5, 5.41) is 5.82. The number of hydrogen-bond acceptors (Lipinski definition) is 4. The van der Waals surface area contributed by atoms with Crippen LogP contribution >= 0.6 is 11.3 Å². The average molecular weight is 255 g/mol. The maximum Gasteiger partial charge on any atom is 0.224 e. The normalized spacial score (nSPS) is 12.8. The second-order valence-electron chi connectivity index (χ2n) is 4.66. The number of carbonyl (C=O) groups is 1. The zero-order chi connectivity index (χ0) is 12.8. The summed E-state index contributed by atoms with van der Waals surface area (Å²) in [7, 11) is 0. The van der Waals surface area contributed by atoms with Crippen molar-refractivity contribution in [2.45, 2.75) is 33.7 Å². The minimum atomic E-state index is -0.0870. The van der Waals surface area contributed by atoms with Crippen LogP contribution in [0.2, 0.25) is 0 Å². The predicted molar refractivity (Wildman–Crippen MR) is 70.7 cm³/mol. The molecule has 1 unspecified atom stereocenters. The van der Waals surface area contributed by atoms with Crippen LogP contribution in [0.3, 0.4) is 0 Å². The number of nitrogens with one attached hydrogen (secondary N) is 1. The number of carbonyl (C=O) groups excluding carboxylic acids is 1. The fourth-order valence-electron chi connectivity index (χ4n) is 1.67. The highest BCUT2D eigenvalue weighted by atomic mass is 32.1. The molecule has 0 spiro atoms. The Labute approximate surface area is 107 Å². The summed E-state index contributed by atoms with van der Waals surface area (Å²) in [6.45, 7) is 7.05. The fraction of sp³-hybridized carbons (Fsp3) is 0.667. The first-order valence-electron chi connectivity index (χ1n) is 5.91. The zero-order valence-electron chi connectivity index (χ0n) is 10.7. The predicted octanol–water partition coefficient (Wildman–Crippen LogP) is 1.69. The second kappa shape index (κ2) is 6.71. The molecule has 0 bridgehead atoms. The van der Waals surface area contributed by atoms with Crippen molar-refractivity contribution < 1.29 is 4.79 Å². The standard InChI is InChI=1S/C12H21N3OS/c1-8(2)4-10(5-13)12(16)14-6-11-15-9(3)7-17-11/h7-8,10H,4-6,13H2,1-3H3,(H,14,16). The number of thiazole rings is 1. The lowest BCUT2D eigenvalue weighted by Gasteiger charge is -2.16. The molecule has 0 aromatic carbocycles. The molecule has 17 heavy (non-hydrogen) atoms. The van der Waals surface area contributed by atoms with Gasteiger partial charge < -0.3 is 11.1 Å². The molecule has 1 heterocycles. The van der Waals surface area contributed by atoms with Gasteiger partial charge in [-0.2, -0.15) is 0 Å². The van der Waals surface area contributed by atoms with Gasteiger partial charge in [-0.1, -0.05) is 13.8 Å². The monoisotopic (exact) mass is 255 g/mol. The van der Waals surface area contributed by atoms with Crippen molar-refractivity contribution in [3.63, 3.8) is 0 Å². The number of nitrogens with two attached hydrogens (primary N) is 1. The van der Waals surface area contributed by atoms with E-state index in [9.17, 15) is 4.79 Å². The van der Waals surface area contributed by atoms with Gasteiger partial charge in [0.2, 0.25) is 5.91 Å². The van der Waals surface area contributed by atoms with E-state index >= 15 is 0 Å². The smallest absolute Gasteiger partial charge is 0.224 e. The lowest BCUT2D eigenvalue weighted by atomic mass is 9.96. The third kappa shape index (κ3) is 4.83.